The largest absolute Gasteiger partial charge is 0.241 e. The maximum atomic E-state index is 4.56. The van der Waals surface area contributed by atoms with Gasteiger partial charge in [0, 0.05) is 15.2 Å². The van der Waals surface area contributed by atoms with Crippen LogP contribution in [-0.2, 0) is 0 Å². The van der Waals surface area contributed by atoms with Gasteiger partial charge < -0.3 is 0 Å². The van der Waals surface area contributed by atoms with E-state index in [1.54, 1.807) is 0 Å². The van der Waals surface area contributed by atoms with Crippen molar-refractivity contribution in [2.75, 3.05) is 0 Å². The molecule has 1 nitrogen and oxygen atoms in total. The molecule has 3 aromatic rings. The summed E-state index contributed by atoms with van der Waals surface area (Å²) >= 11 is 5.33. The Morgan fingerprint density at radius 3 is 2.67 bits per heavy atom. The highest BCUT2D eigenvalue weighted by Gasteiger charge is 2.19. The van der Waals surface area contributed by atoms with Crippen LogP contribution < -0.4 is 0 Å². The molecule has 2 aromatic carbocycles. The molecule has 0 saturated heterocycles. The molecule has 0 amide bonds. The van der Waals surface area contributed by atoms with Crippen LogP contribution in [0.2, 0.25) is 0 Å². The van der Waals surface area contributed by atoms with E-state index in [1.807, 2.05) is 11.8 Å². The molecule has 1 aliphatic heterocycles. The van der Waals surface area contributed by atoms with Crippen molar-refractivity contribution in [3.05, 3.63) is 53.1 Å². The van der Waals surface area contributed by atoms with Gasteiger partial charge >= 0.3 is 0 Å². The van der Waals surface area contributed by atoms with Gasteiger partial charge in [0.05, 0.1) is 5.52 Å². The summed E-state index contributed by atoms with van der Waals surface area (Å²) in [7, 11) is 0. The van der Waals surface area contributed by atoms with Crippen LogP contribution >= 0.6 is 27.7 Å². The highest BCUT2D eigenvalue weighted by atomic mass is 79.9. The molecule has 0 radical (unpaired) electrons. The van der Waals surface area contributed by atoms with Crippen molar-refractivity contribution < 1.29 is 0 Å². The second kappa shape index (κ2) is 3.84. The molecule has 3 heteroatoms. The first-order valence-electron chi connectivity index (χ1n) is 5.69. The molecular formula is C15H8BrNS. The van der Waals surface area contributed by atoms with Crippen LogP contribution in [0.3, 0.4) is 0 Å². The predicted molar refractivity (Wildman–Crippen MR) is 79.0 cm³/mol. The fraction of sp³-hybridized carbons (Fsp3) is 0. The number of hydrogen-bond acceptors (Lipinski definition) is 2. The van der Waals surface area contributed by atoms with Crippen molar-refractivity contribution in [1.82, 2.24) is 4.98 Å². The molecule has 0 N–H and O–H groups in total. The minimum Gasteiger partial charge on any atom is -0.241 e. The summed E-state index contributed by atoms with van der Waals surface area (Å²) in [6.07, 6.45) is 0. The first-order chi connectivity index (χ1) is 8.83. The normalized spacial score (nSPS) is 12.5. The Morgan fingerprint density at radius 1 is 0.889 bits per heavy atom. The van der Waals surface area contributed by atoms with Gasteiger partial charge in [-0.2, -0.15) is 0 Å². The molecular weight excluding hydrogens is 306 g/mol. The van der Waals surface area contributed by atoms with Crippen molar-refractivity contribution in [3.63, 3.8) is 0 Å². The van der Waals surface area contributed by atoms with Gasteiger partial charge in [-0.1, -0.05) is 36.0 Å². The molecule has 1 aliphatic rings. The third kappa shape index (κ3) is 1.44. The Hall–Kier alpha value is -1.32. The Morgan fingerprint density at radius 2 is 1.72 bits per heavy atom. The molecule has 1 aromatic heterocycles. The molecule has 86 valence electrons. The molecule has 0 spiro atoms. The summed E-state index contributed by atoms with van der Waals surface area (Å²) in [5.41, 5.74) is 3.63. The van der Waals surface area contributed by atoms with Crippen molar-refractivity contribution >= 4 is 38.6 Å². The number of halogens is 1. The summed E-state index contributed by atoms with van der Waals surface area (Å²) in [6.45, 7) is 0. The standard InChI is InChI=1S/C15H8BrNS/c16-14-8-10-9-4-1-2-6-12(9)18-13-7-3-5-11(17-14)15(10)13/h1-8H. The summed E-state index contributed by atoms with van der Waals surface area (Å²) in [4.78, 5) is 7.16. The quantitative estimate of drug-likeness (QED) is 0.417. The van der Waals surface area contributed by atoms with E-state index in [0.717, 1.165) is 10.1 Å². The smallest absolute Gasteiger partial charge is 0.107 e. The number of nitrogens with zero attached hydrogens (tertiary/aromatic N) is 1. The second-order valence-corrected chi connectivity index (χ2v) is 6.14. The topological polar surface area (TPSA) is 12.9 Å². The fourth-order valence-electron chi connectivity index (χ4n) is 2.42. The number of hydrogen-bond donors (Lipinski definition) is 0. The molecule has 0 aliphatic carbocycles. The van der Waals surface area contributed by atoms with Gasteiger partial charge in [-0.3, -0.25) is 0 Å². The highest BCUT2D eigenvalue weighted by Crippen LogP contribution is 2.47. The maximum absolute atomic E-state index is 4.56. The van der Waals surface area contributed by atoms with E-state index in [4.69, 9.17) is 0 Å². The molecule has 0 saturated carbocycles. The van der Waals surface area contributed by atoms with Gasteiger partial charge in [0.15, 0.2) is 0 Å². The van der Waals surface area contributed by atoms with Gasteiger partial charge in [-0.15, -0.1) is 0 Å². The average Bonchev–Trinajstić information content (AvgIpc) is 2.38. The predicted octanol–water partition coefficient (Wildman–Crippen LogP) is 5.13. The highest BCUT2D eigenvalue weighted by molar-refractivity contribution is 9.10. The van der Waals surface area contributed by atoms with Crippen molar-refractivity contribution in [1.29, 1.82) is 0 Å². The molecule has 0 unspecified atom stereocenters. The van der Waals surface area contributed by atoms with Crippen LogP contribution in [0.25, 0.3) is 22.0 Å². The van der Waals surface area contributed by atoms with Crippen LogP contribution in [-0.4, -0.2) is 4.98 Å². The zero-order valence-electron chi connectivity index (χ0n) is 9.35. The molecule has 18 heavy (non-hydrogen) atoms. The monoisotopic (exact) mass is 313 g/mol. The SMILES string of the molecule is Brc1cc2c3c(cccc3n1)Sc1ccccc1-2. The van der Waals surface area contributed by atoms with Crippen LogP contribution in [0.1, 0.15) is 0 Å². The second-order valence-electron chi connectivity index (χ2n) is 4.24. The lowest BCUT2D eigenvalue weighted by Crippen LogP contribution is -1.94. The lowest BCUT2D eigenvalue weighted by atomic mass is 10.0. The van der Waals surface area contributed by atoms with Gasteiger partial charge in [0.25, 0.3) is 0 Å². The van der Waals surface area contributed by atoms with Crippen molar-refractivity contribution in [2.24, 2.45) is 0 Å². The Labute approximate surface area is 117 Å². The van der Waals surface area contributed by atoms with E-state index in [1.165, 1.54) is 26.3 Å². The van der Waals surface area contributed by atoms with Gasteiger partial charge in [-0.25, -0.2) is 4.98 Å². The minimum atomic E-state index is 0.892. The van der Waals surface area contributed by atoms with Crippen LogP contribution in [0.15, 0.2) is 62.9 Å². The molecule has 0 bridgehead atoms. The summed E-state index contributed by atoms with van der Waals surface area (Å²) in [6, 6.07) is 17.0. The summed E-state index contributed by atoms with van der Waals surface area (Å²) in [5, 5.41) is 1.27. The maximum Gasteiger partial charge on any atom is 0.107 e. The molecule has 0 atom stereocenters. The van der Waals surface area contributed by atoms with E-state index >= 15 is 0 Å². The van der Waals surface area contributed by atoms with E-state index in [2.05, 4.69) is 69.4 Å². The minimum absolute atomic E-state index is 0.892. The lowest BCUT2D eigenvalue weighted by Gasteiger charge is -2.19. The molecule has 2 heterocycles. The summed E-state index contributed by atoms with van der Waals surface area (Å²) in [5.74, 6) is 0. The van der Waals surface area contributed by atoms with Gasteiger partial charge in [0.2, 0.25) is 0 Å². The van der Waals surface area contributed by atoms with Crippen LogP contribution in [0, 0.1) is 0 Å². The Bertz CT molecular complexity index is 783. The fourth-order valence-corrected chi connectivity index (χ4v) is 3.97. The van der Waals surface area contributed by atoms with Crippen molar-refractivity contribution in [2.45, 2.75) is 9.79 Å². The first kappa shape index (κ1) is 10.6. The zero-order chi connectivity index (χ0) is 12.1. The average molecular weight is 314 g/mol. The van der Waals surface area contributed by atoms with E-state index in [9.17, 15) is 0 Å². The van der Waals surface area contributed by atoms with E-state index in [0.29, 0.717) is 0 Å². The lowest BCUT2D eigenvalue weighted by molar-refractivity contribution is 1.31. The summed E-state index contributed by atoms with van der Waals surface area (Å²) < 4.78 is 0.892. The van der Waals surface area contributed by atoms with Crippen molar-refractivity contribution in [3.8, 4) is 11.1 Å². The third-order valence-electron chi connectivity index (χ3n) is 3.16. The number of fused-ring (bicyclic) bond motifs is 2. The van der Waals surface area contributed by atoms with E-state index in [-0.39, 0.29) is 0 Å². The first-order valence-corrected chi connectivity index (χ1v) is 7.30. The Kier molecular flexibility index (Phi) is 2.26. The van der Waals surface area contributed by atoms with Gasteiger partial charge in [0.1, 0.15) is 4.60 Å². The van der Waals surface area contributed by atoms with E-state index < -0.39 is 0 Å². The Balaban J connectivity index is 2.22. The molecule has 0 fully saturated rings. The third-order valence-corrected chi connectivity index (χ3v) is 4.70. The number of pyridine rings is 1. The number of rotatable bonds is 0. The molecule has 4 rings (SSSR count). The van der Waals surface area contributed by atoms with Crippen LogP contribution in [0.5, 0.6) is 0 Å². The zero-order valence-corrected chi connectivity index (χ0v) is 11.8. The van der Waals surface area contributed by atoms with Crippen LogP contribution in [0.4, 0.5) is 0 Å². The van der Waals surface area contributed by atoms with Gasteiger partial charge in [-0.05, 0) is 51.3 Å². The number of benzene rings is 2. The number of aromatic nitrogens is 1.